The Balaban J connectivity index is 1.98. The van der Waals surface area contributed by atoms with Crippen LogP contribution in [0.5, 0.6) is 0 Å². The zero-order valence-corrected chi connectivity index (χ0v) is 17.7. The molecule has 0 fully saturated rings. The number of aliphatic carboxylic acids is 1. The molecule has 0 amide bonds. The number of hydrogen-bond donors (Lipinski definition) is 2. The summed E-state index contributed by atoms with van der Waals surface area (Å²) in [4.78, 5) is 23.0. The highest BCUT2D eigenvalue weighted by Gasteiger charge is 2.29. The average Bonchev–Trinajstić information content (AvgIpc) is 3.22. The predicted molar refractivity (Wildman–Crippen MR) is 119 cm³/mol. The highest BCUT2D eigenvalue weighted by atomic mass is 32.1. The lowest BCUT2D eigenvalue weighted by Gasteiger charge is -2.19. The maximum absolute atomic E-state index is 12.1. The molecule has 0 saturated heterocycles. The number of aromatic amines is 1. The molecule has 3 aromatic heterocycles. The smallest absolute Gasteiger partial charge is 0.310 e. The normalized spacial score (nSPS) is 15.0. The van der Waals surface area contributed by atoms with Crippen LogP contribution >= 0.6 is 11.3 Å². The third-order valence-electron chi connectivity index (χ3n) is 6.28. The van der Waals surface area contributed by atoms with Crippen LogP contribution in [0.4, 0.5) is 0 Å². The Labute approximate surface area is 173 Å². The van der Waals surface area contributed by atoms with Crippen LogP contribution in [0.3, 0.4) is 0 Å². The molecular weight excluding hydrogens is 380 g/mol. The van der Waals surface area contributed by atoms with E-state index in [4.69, 9.17) is 4.98 Å². The number of hydrogen-bond acceptors (Lipinski definition) is 3. The van der Waals surface area contributed by atoms with Crippen molar-refractivity contribution in [1.82, 2.24) is 9.97 Å². The molecule has 0 bridgehead atoms. The predicted octanol–water partition coefficient (Wildman–Crippen LogP) is 6.13. The van der Waals surface area contributed by atoms with Gasteiger partial charge in [0.2, 0.25) is 0 Å². The van der Waals surface area contributed by atoms with Crippen LogP contribution < -0.4 is 0 Å². The Morgan fingerprint density at radius 2 is 1.93 bits per heavy atom. The number of H-pyrrole nitrogens is 1. The topological polar surface area (TPSA) is 66.0 Å². The van der Waals surface area contributed by atoms with Gasteiger partial charge in [0.25, 0.3) is 0 Å². The van der Waals surface area contributed by atoms with Crippen molar-refractivity contribution in [2.75, 3.05) is 0 Å². The zero-order valence-electron chi connectivity index (χ0n) is 16.9. The molecule has 1 aliphatic rings. The summed E-state index contributed by atoms with van der Waals surface area (Å²) < 4.78 is 0. The quantitative estimate of drug-likeness (QED) is 0.432. The van der Waals surface area contributed by atoms with E-state index in [9.17, 15) is 9.90 Å². The Morgan fingerprint density at radius 1 is 1.17 bits per heavy atom. The van der Waals surface area contributed by atoms with E-state index in [0.717, 1.165) is 56.7 Å². The monoisotopic (exact) mass is 404 g/mol. The van der Waals surface area contributed by atoms with Crippen molar-refractivity contribution >= 4 is 38.4 Å². The number of fused-ring (bicyclic) bond motifs is 4. The molecule has 4 aromatic rings. The molecule has 1 aliphatic carbocycles. The number of carboxylic acid groups (broad SMARTS) is 1. The van der Waals surface area contributed by atoms with Crippen LogP contribution in [0, 0.1) is 13.8 Å². The van der Waals surface area contributed by atoms with Crippen LogP contribution in [-0.4, -0.2) is 21.0 Å². The van der Waals surface area contributed by atoms with Gasteiger partial charge < -0.3 is 10.1 Å². The van der Waals surface area contributed by atoms with Crippen LogP contribution in [0.1, 0.15) is 53.1 Å². The third-order valence-corrected chi connectivity index (χ3v) is 7.46. The SMILES string of the molecule is Cc1nc2sc3c(c2c(-c2c(C)[nH]c4ccccc24)c1C(C)C(=O)O)CCCC3. The third kappa shape index (κ3) is 2.71. The Morgan fingerprint density at radius 3 is 2.72 bits per heavy atom. The van der Waals surface area contributed by atoms with Crippen LogP contribution in [-0.2, 0) is 17.6 Å². The maximum atomic E-state index is 12.1. The van der Waals surface area contributed by atoms with Gasteiger partial charge in [-0.1, -0.05) is 18.2 Å². The van der Waals surface area contributed by atoms with Gasteiger partial charge in [0.05, 0.1) is 5.92 Å². The molecule has 29 heavy (non-hydrogen) atoms. The molecule has 0 spiro atoms. The number of pyridine rings is 1. The van der Waals surface area contributed by atoms with Crippen LogP contribution in [0.2, 0.25) is 0 Å². The second kappa shape index (κ2) is 6.70. The molecule has 5 heteroatoms. The largest absolute Gasteiger partial charge is 0.481 e. The van der Waals surface area contributed by atoms with Crippen LogP contribution in [0.15, 0.2) is 24.3 Å². The van der Waals surface area contributed by atoms with E-state index < -0.39 is 11.9 Å². The van der Waals surface area contributed by atoms with Gasteiger partial charge in [0.15, 0.2) is 0 Å². The summed E-state index contributed by atoms with van der Waals surface area (Å²) in [6, 6.07) is 8.29. The zero-order chi connectivity index (χ0) is 20.3. The lowest BCUT2D eigenvalue weighted by molar-refractivity contribution is -0.138. The maximum Gasteiger partial charge on any atom is 0.310 e. The number of nitrogens with zero attached hydrogens (tertiary/aromatic N) is 1. The number of aromatic nitrogens is 2. The van der Waals surface area contributed by atoms with E-state index >= 15 is 0 Å². The number of carboxylic acids is 1. The number of aryl methyl sites for hydroxylation is 4. The van der Waals surface area contributed by atoms with Gasteiger partial charge >= 0.3 is 5.97 Å². The Hall–Kier alpha value is -2.66. The summed E-state index contributed by atoms with van der Waals surface area (Å²) in [5.41, 5.74) is 7.44. The van der Waals surface area contributed by atoms with Gasteiger partial charge in [0.1, 0.15) is 4.83 Å². The highest BCUT2D eigenvalue weighted by Crippen LogP contribution is 2.47. The summed E-state index contributed by atoms with van der Waals surface area (Å²) >= 11 is 1.80. The fourth-order valence-electron chi connectivity index (χ4n) is 4.93. The van der Waals surface area contributed by atoms with Gasteiger partial charge in [-0.05, 0) is 63.6 Å². The van der Waals surface area contributed by atoms with E-state index in [1.807, 2.05) is 19.1 Å². The summed E-state index contributed by atoms with van der Waals surface area (Å²) in [5, 5.41) is 12.2. The summed E-state index contributed by atoms with van der Waals surface area (Å²) in [5.74, 6) is -1.42. The number of nitrogens with one attached hydrogen (secondary N) is 1. The highest BCUT2D eigenvalue weighted by molar-refractivity contribution is 7.19. The molecule has 5 rings (SSSR count). The van der Waals surface area contributed by atoms with E-state index in [-0.39, 0.29) is 0 Å². The number of carbonyl (C=O) groups is 1. The second-order valence-corrected chi connectivity index (χ2v) is 9.19. The summed E-state index contributed by atoms with van der Waals surface area (Å²) in [6.07, 6.45) is 4.56. The number of para-hydroxylation sites is 1. The van der Waals surface area contributed by atoms with Crippen molar-refractivity contribution in [3.05, 3.63) is 51.7 Å². The Bertz CT molecular complexity index is 1280. The van der Waals surface area contributed by atoms with Crippen LogP contribution in [0.25, 0.3) is 32.2 Å². The molecule has 2 N–H and O–H groups in total. The summed E-state index contributed by atoms with van der Waals surface area (Å²) in [7, 11) is 0. The second-order valence-electron chi connectivity index (χ2n) is 8.11. The molecular formula is C24H24N2O2S. The van der Waals surface area contributed by atoms with E-state index in [1.54, 1.807) is 18.3 Å². The van der Waals surface area contributed by atoms with E-state index in [2.05, 4.69) is 24.0 Å². The molecule has 3 heterocycles. The van der Waals surface area contributed by atoms with Gasteiger partial charge in [-0.2, -0.15) is 0 Å². The van der Waals surface area contributed by atoms with Crippen molar-refractivity contribution < 1.29 is 9.90 Å². The average molecular weight is 405 g/mol. The summed E-state index contributed by atoms with van der Waals surface area (Å²) in [6.45, 7) is 5.83. The lowest BCUT2D eigenvalue weighted by Crippen LogP contribution is -2.12. The van der Waals surface area contributed by atoms with Crippen molar-refractivity contribution in [1.29, 1.82) is 0 Å². The molecule has 1 unspecified atom stereocenters. The minimum atomic E-state index is -0.808. The van der Waals surface area contributed by atoms with Crippen molar-refractivity contribution in [3.63, 3.8) is 0 Å². The molecule has 1 aromatic carbocycles. The van der Waals surface area contributed by atoms with Crippen molar-refractivity contribution in [2.45, 2.75) is 52.4 Å². The van der Waals surface area contributed by atoms with Gasteiger partial charge in [-0.25, -0.2) is 4.98 Å². The first kappa shape index (κ1) is 18.4. The molecule has 0 radical (unpaired) electrons. The van der Waals surface area contributed by atoms with Gasteiger partial charge in [-0.3, -0.25) is 4.79 Å². The minimum Gasteiger partial charge on any atom is -0.481 e. The minimum absolute atomic E-state index is 0.617. The van der Waals surface area contributed by atoms with E-state index in [0.29, 0.717) is 0 Å². The fourth-order valence-corrected chi connectivity index (χ4v) is 6.24. The standard InChI is InChI=1S/C24H24N2O2S/c1-12(24(27)28)19-13(2)26-23-21(16-9-5-7-11-18(16)29-23)22(19)20-14(3)25-17-10-6-4-8-15(17)20/h4,6,8,10,12,25H,5,7,9,11H2,1-3H3,(H,27,28). The first-order chi connectivity index (χ1) is 14.0. The molecule has 148 valence electrons. The van der Waals surface area contributed by atoms with E-state index in [1.165, 1.54) is 28.7 Å². The molecule has 0 aliphatic heterocycles. The molecule has 1 atom stereocenters. The van der Waals surface area contributed by atoms with Gasteiger partial charge in [0, 0.05) is 43.7 Å². The molecule has 0 saturated carbocycles. The van der Waals surface area contributed by atoms with Gasteiger partial charge in [-0.15, -0.1) is 11.3 Å². The number of thiophene rings is 1. The Kier molecular flexibility index (Phi) is 4.24. The molecule has 4 nitrogen and oxygen atoms in total. The number of benzene rings is 1. The number of rotatable bonds is 3. The first-order valence-electron chi connectivity index (χ1n) is 10.2. The van der Waals surface area contributed by atoms with Crippen molar-refractivity contribution in [3.8, 4) is 11.1 Å². The fraction of sp³-hybridized carbons (Fsp3) is 0.333. The first-order valence-corrected chi connectivity index (χ1v) is 11.0. The van der Waals surface area contributed by atoms with Crippen molar-refractivity contribution in [2.24, 2.45) is 0 Å². The lowest BCUT2D eigenvalue weighted by atomic mass is 9.85.